The first kappa shape index (κ1) is 6.45. The molecule has 66 valence electrons. The maximum Gasteiger partial charge on any atom is -0.0233 e. The molecule has 5 atom stereocenters. The van der Waals surface area contributed by atoms with Gasteiger partial charge in [0, 0.05) is 0 Å². The minimum absolute atomic E-state index is 0.804. The van der Waals surface area contributed by atoms with Gasteiger partial charge in [0.2, 0.25) is 0 Å². The van der Waals surface area contributed by atoms with Crippen molar-refractivity contribution in [2.75, 3.05) is 0 Å². The van der Waals surface area contributed by atoms with Crippen LogP contribution in [-0.4, -0.2) is 0 Å². The van der Waals surface area contributed by atoms with Crippen LogP contribution in [0.25, 0.3) is 0 Å². The van der Waals surface area contributed by atoms with Crippen LogP contribution >= 0.6 is 0 Å². The summed E-state index contributed by atoms with van der Waals surface area (Å²) in [6, 6.07) is 0. The van der Waals surface area contributed by atoms with Crippen LogP contribution < -0.4 is 0 Å². The Balaban J connectivity index is 1.89. The van der Waals surface area contributed by atoms with E-state index in [9.17, 15) is 0 Å². The summed E-state index contributed by atoms with van der Waals surface area (Å²) in [6.45, 7) is 2.57. The van der Waals surface area contributed by atoms with E-state index in [4.69, 9.17) is 0 Å². The standard InChI is InChI=1S/C12H18/c1-11-4-8-2-9-3-10(6-11)12(9,5-8)7-11/h8-10H,2-7H2,1H3/t8?,9?,10?,11-,12?/m0/s1. The smallest absolute Gasteiger partial charge is 0.0233 e. The van der Waals surface area contributed by atoms with E-state index in [-0.39, 0.29) is 0 Å². The van der Waals surface area contributed by atoms with Crippen LogP contribution in [0.3, 0.4) is 0 Å². The Morgan fingerprint density at radius 1 is 1.00 bits per heavy atom. The van der Waals surface area contributed by atoms with Crippen molar-refractivity contribution in [2.24, 2.45) is 28.6 Å². The molecule has 1 spiro atoms. The fraction of sp³-hybridized carbons (Fsp3) is 1.00. The van der Waals surface area contributed by atoms with Crippen LogP contribution in [0, 0.1) is 28.6 Å². The molecule has 0 nitrogen and oxygen atoms in total. The van der Waals surface area contributed by atoms with Gasteiger partial charge in [-0.25, -0.2) is 0 Å². The Labute approximate surface area is 74.7 Å². The summed E-state index contributed by atoms with van der Waals surface area (Å²) in [4.78, 5) is 0. The lowest BCUT2D eigenvalue weighted by Gasteiger charge is -2.49. The summed E-state index contributed by atoms with van der Waals surface area (Å²) in [5.74, 6) is 3.53. The summed E-state index contributed by atoms with van der Waals surface area (Å²) in [5, 5.41) is 0. The maximum absolute atomic E-state index is 2.57. The van der Waals surface area contributed by atoms with Gasteiger partial charge >= 0.3 is 0 Å². The van der Waals surface area contributed by atoms with E-state index in [1.165, 1.54) is 11.8 Å². The zero-order chi connectivity index (χ0) is 7.97. The van der Waals surface area contributed by atoms with Crippen molar-refractivity contribution in [1.82, 2.24) is 0 Å². The summed E-state index contributed by atoms with van der Waals surface area (Å²) in [5.41, 5.74) is 1.73. The van der Waals surface area contributed by atoms with E-state index < -0.39 is 0 Å². The third-order valence-corrected chi connectivity index (χ3v) is 5.76. The van der Waals surface area contributed by atoms with Gasteiger partial charge in [-0.2, -0.15) is 0 Å². The monoisotopic (exact) mass is 162 g/mol. The summed E-state index contributed by atoms with van der Waals surface area (Å²) in [6.07, 6.45) is 9.67. The fourth-order valence-electron chi connectivity index (χ4n) is 5.79. The van der Waals surface area contributed by atoms with Crippen LogP contribution in [0.2, 0.25) is 0 Å². The lowest BCUT2D eigenvalue weighted by Crippen LogP contribution is -2.41. The van der Waals surface area contributed by atoms with Gasteiger partial charge in [0.25, 0.3) is 0 Å². The molecule has 3 bridgehead atoms. The Bertz CT molecular complexity index is 251. The highest BCUT2D eigenvalue weighted by molar-refractivity contribution is 5.18. The molecule has 0 radical (unpaired) electrons. The molecule has 4 aliphatic carbocycles. The SMILES string of the molecule is C[C@]12CC3CC4CC(C1)C4(C3)C2. The van der Waals surface area contributed by atoms with E-state index in [0.29, 0.717) is 0 Å². The van der Waals surface area contributed by atoms with Crippen LogP contribution in [0.5, 0.6) is 0 Å². The van der Waals surface area contributed by atoms with Crippen LogP contribution in [0.4, 0.5) is 0 Å². The summed E-state index contributed by atoms with van der Waals surface area (Å²) < 4.78 is 0. The van der Waals surface area contributed by atoms with E-state index in [1.54, 1.807) is 38.5 Å². The molecule has 0 aromatic rings. The molecule has 0 amide bonds. The first-order valence-corrected chi connectivity index (χ1v) is 5.70. The quantitative estimate of drug-likeness (QED) is 0.513. The van der Waals surface area contributed by atoms with Gasteiger partial charge in [-0.05, 0) is 67.1 Å². The normalized spacial score (nSPS) is 71.2. The van der Waals surface area contributed by atoms with Crippen molar-refractivity contribution in [1.29, 1.82) is 0 Å². The molecule has 0 aromatic carbocycles. The van der Waals surface area contributed by atoms with Crippen molar-refractivity contribution in [3.8, 4) is 0 Å². The zero-order valence-electron chi connectivity index (χ0n) is 7.97. The second-order valence-electron chi connectivity index (χ2n) is 6.56. The van der Waals surface area contributed by atoms with Crippen molar-refractivity contribution >= 4 is 0 Å². The Hall–Kier alpha value is 0. The summed E-state index contributed by atoms with van der Waals surface area (Å²) in [7, 11) is 0. The molecular weight excluding hydrogens is 144 g/mol. The number of fused-ring (bicyclic) bond motifs is 2. The third kappa shape index (κ3) is 0.482. The van der Waals surface area contributed by atoms with Crippen LogP contribution in [-0.2, 0) is 0 Å². The van der Waals surface area contributed by atoms with Crippen LogP contribution in [0.1, 0.15) is 45.4 Å². The molecule has 0 heterocycles. The van der Waals surface area contributed by atoms with Gasteiger partial charge in [-0.15, -0.1) is 0 Å². The molecule has 0 heteroatoms. The summed E-state index contributed by atoms with van der Waals surface area (Å²) >= 11 is 0. The molecule has 4 saturated carbocycles. The predicted molar refractivity (Wildman–Crippen MR) is 48.7 cm³/mol. The van der Waals surface area contributed by atoms with Gasteiger partial charge in [0.05, 0.1) is 0 Å². The van der Waals surface area contributed by atoms with Crippen molar-refractivity contribution in [2.45, 2.75) is 45.4 Å². The molecule has 4 aliphatic rings. The average molecular weight is 162 g/mol. The molecular formula is C12H18. The first-order chi connectivity index (χ1) is 5.70. The Morgan fingerprint density at radius 3 is 2.83 bits per heavy atom. The molecule has 4 unspecified atom stereocenters. The average Bonchev–Trinajstić information content (AvgIpc) is 2.26. The minimum atomic E-state index is 0.804. The topological polar surface area (TPSA) is 0 Å². The van der Waals surface area contributed by atoms with Gasteiger partial charge in [-0.1, -0.05) is 6.92 Å². The third-order valence-electron chi connectivity index (χ3n) is 5.76. The second-order valence-corrected chi connectivity index (χ2v) is 6.56. The lowest BCUT2D eigenvalue weighted by molar-refractivity contribution is -0.00184. The Kier molecular flexibility index (Phi) is 0.811. The van der Waals surface area contributed by atoms with Crippen molar-refractivity contribution in [3.63, 3.8) is 0 Å². The van der Waals surface area contributed by atoms with Gasteiger partial charge in [0.1, 0.15) is 0 Å². The predicted octanol–water partition coefficient (Wildman–Crippen LogP) is 3.22. The van der Waals surface area contributed by atoms with Gasteiger partial charge < -0.3 is 0 Å². The molecule has 12 heavy (non-hydrogen) atoms. The van der Waals surface area contributed by atoms with Crippen molar-refractivity contribution in [3.05, 3.63) is 0 Å². The van der Waals surface area contributed by atoms with Crippen LogP contribution in [0.15, 0.2) is 0 Å². The fourth-order valence-corrected chi connectivity index (χ4v) is 5.79. The van der Waals surface area contributed by atoms with E-state index in [2.05, 4.69) is 6.92 Å². The highest BCUT2D eigenvalue weighted by Crippen LogP contribution is 2.78. The number of hydrogen-bond donors (Lipinski definition) is 0. The highest BCUT2D eigenvalue weighted by Gasteiger charge is 2.69. The van der Waals surface area contributed by atoms with Crippen molar-refractivity contribution < 1.29 is 0 Å². The molecule has 4 rings (SSSR count). The molecule has 0 N–H and O–H groups in total. The first-order valence-electron chi connectivity index (χ1n) is 5.70. The molecule has 4 fully saturated rings. The number of rotatable bonds is 0. The van der Waals surface area contributed by atoms with E-state index in [0.717, 1.165) is 16.7 Å². The second kappa shape index (κ2) is 1.51. The Morgan fingerprint density at radius 2 is 1.92 bits per heavy atom. The van der Waals surface area contributed by atoms with E-state index in [1.807, 2.05) is 0 Å². The lowest BCUT2D eigenvalue weighted by atomic mass is 9.56. The maximum atomic E-state index is 2.57. The van der Waals surface area contributed by atoms with E-state index >= 15 is 0 Å². The molecule has 0 aliphatic heterocycles. The van der Waals surface area contributed by atoms with Gasteiger partial charge in [0.15, 0.2) is 0 Å². The zero-order valence-corrected chi connectivity index (χ0v) is 7.97. The highest BCUT2D eigenvalue weighted by atomic mass is 14.7. The van der Waals surface area contributed by atoms with Gasteiger partial charge in [-0.3, -0.25) is 0 Å². The molecule has 0 aromatic heterocycles. The molecule has 0 saturated heterocycles. The minimum Gasteiger partial charge on any atom is -0.0596 e. The number of hydrogen-bond acceptors (Lipinski definition) is 0. The largest absolute Gasteiger partial charge is 0.0596 e.